The third-order valence-electron chi connectivity index (χ3n) is 5.25. The van der Waals surface area contributed by atoms with Crippen molar-refractivity contribution in [3.05, 3.63) is 90.8 Å². The van der Waals surface area contributed by atoms with Crippen molar-refractivity contribution in [3.8, 4) is 0 Å². The van der Waals surface area contributed by atoms with E-state index in [9.17, 15) is 0 Å². The lowest BCUT2D eigenvalue weighted by Crippen LogP contribution is -2.45. The number of piperazine rings is 1. The average molecular weight is 368 g/mol. The SMILES string of the molecule is C=C=C(c1cccc2ccccc12)N1CCN(c2ccc(C(=C)N)cn2)CC1. The number of nitrogens with two attached hydrogens (primary N) is 1. The van der Waals surface area contributed by atoms with Gasteiger partial charge in [0.1, 0.15) is 5.82 Å². The molecule has 1 saturated heterocycles. The van der Waals surface area contributed by atoms with Gasteiger partial charge in [-0.05, 0) is 22.9 Å². The highest BCUT2D eigenvalue weighted by Crippen LogP contribution is 2.28. The third-order valence-corrected chi connectivity index (χ3v) is 5.25. The zero-order valence-electron chi connectivity index (χ0n) is 15.9. The number of hydrogen-bond acceptors (Lipinski definition) is 4. The molecule has 0 unspecified atom stereocenters. The Balaban J connectivity index is 1.52. The molecule has 1 fully saturated rings. The highest BCUT2D eigenvalue weighted by Gasteiger charge is 2.21. The zero-order valence-corrected chi connectivity index (χ0v) is 15.9. The van der Waals surface area contributed by atoms with Gasteiger partial charge in [0.05, 0.1) is 5.70 Å². The van der Waals surface area contributed by atoms with Crippen LogP contribution in [0.4, 0.5) is 5.82 Å². The molecule has 2 heterocycles. The Morgan fingerprint density at radius 1 is 0.964 bits per heavy atom. The van der Waals surface area contributed by atoms with Crippen LogP contribution in [-0.4, -0.2) is 36.1 Å². The maximum atomic E-state index is 5.73. The van der Waals surface area contributed by atoms with E-state index in [0.717, 1.165) is 43.3 Å². The lowest BCUT2D eigenvalue weighted by molar-refractivity contribution is 0.367. The van der Waals surface area contributed by atoms with Crippen molar-refractivity contribution < 1.29 is 0 Å². The maximum absolute atomic E-state index is 5.73. The van der Waals surface area contributed by atoms with E-state index >= 15 is 0 Å². The second kappa shape index (κ2) is 7.63. The number of aromatic nitrogens is 1. The maximum Gasteiger partial charge on any atom is 0.128 e. The van der Waals surface area contributed by atoms with Crippen molar-refractivity contribution >= 4 is 28.0 Å². The van der Waals surface area contributed by atoms with Gasteiger partial charge in [0, 0.05) is 49.2 Å². The van der Waals surface area contributed by atoms with Gasteiger partial charge in [-0.15, -0.1) is 5.73 Å². The van der Waals surface area contributed by atoms with Gasteiger partial charge in [0.2, 0.25) is 0 Å². The highest BCUT2D eigenvalue weighted by molar-refractivity contribution is 5.93. The van der Waals surface area contributed by atoms with Crippen LogP contribution in [-0.2, 0) is 0 Å². The molecule has 1 aliphatic heterocycles. The predicted molar refractivity (Wildman–Crippen MR) is 118 cm³/mol. The van der Waals surface area contributed by atoms with Crippen molar-refractivity contribution in [3.63, 3.8) is 0 Å². The van der Waals surface area contributed by atoms with Gasteiger partial charge < -0.3 is 15.5 Å². The Morgan fingerprint density at radius 3 is 2.39 bits per heavy atom. The molecule has 0 bridgehead atoms. The van der Waals surface area contributed by atoms with E-state index in [2.05, 4.69) is 76.1 Å². The first-order valence-corrected chi connectivity index (χ1v) is 9.46. The van der Waals surface area contributed by atoms with Crippen LogP contribution in [0.1, 0.15) is 11.1 Å². The number of fused-ring (bicyclic) bond motifs is 1. The van der Waals surface area contributed by atoms with Crippen LogP contribution in [0.25, 0.3) is 22.2 Å². The molecule has 4 rings (SSSR count). The quantitative estimate of drug-likeness (QED) is 0.704. The number of hydrogen-bond donors (Lipinski definition) is 1. The van der Waals surface area contributed by atoms with Crippen LogP contribution in [0, 0.1) is 0 Å². The standard InChI is InChI=1S/C24H24N4/c1-3-23(22-10-6-8-19-7-4-5-9-21(19)22)27-13-15-28(16-14-27)24-12-11-20(17-26-24)18(2)25/h4-12,17H,1-2,13-16,25H2. The van der Waals surface area contributed by atoms with Crippen LogP contribution < -0.4 is 10.6 Å². The first-order valence-electron chi connectivity index (χ1n) is 9.46. The Kier molecular flexibility index (Phi) is 4.88. The molecule has 1 aromatic heterocycles. The summed E-state index contributed by atoms with van der Waals surface area (Å²) in [5.74, 6) is 0.971. The summed E-state index contributed by atoms with van der Waals surface area (Å²) < 4.78 is 0. The molecule has 0 radical (unpaired) electrons. The fourth-order valence-electron chi connectivity index (χ4n) is 3.73. The monoisotopic (exact) mass is 368 g/mol. The Hall–Kier alpha value is -3.49. The molecule has 3 aromatic rings. The Labute approximate surface area is 165 Å². The molecule has 2 N–H and O–H groups in total. The normalized spacial score (nSPS) is 14.0. The van der Waals surface area contributed by atoms with Crippen LogP contribution in [0.2, 0.25) is 0 Å². The van der Waals surface area contributed by atoms with E-state index in [0.29, 0.717) is 5.70 Å². The van der Waals surface area contributed by atoms with Crippen molar-refractivity contribution in [2.24, 2.45) is 5.73 Å². The van der Waals surface area contributed by atoms with Gasteiger partial charge in [-0.3, -0.25) is 0 Å². The number of rotatable bonds is 4. The molecule has 0 saturated carbocycles. The molecular formula is C24H24N4. The summed E-state index contributed by atoms with van der Waals surface area (Å²) >= 11 is 0. The van der Waals surface area contributed by atoms with Crippen LogP contribution in [0.5, 0.6) is 0 Å². The molecule has 4 heteroatoms. The summed E-state index contributed by atoms with van der Waals surface area (Å²) in [5.41, 5.74) is 12.6. The topological polar surface area (TPSA) is 45.4 Å². The number of benzene rings is 2. The van der Waals surface area contributed by atoms with Crippen LogP contribution in [0.3, 0.4) is 0 Å². The molecular weight excluding hydrogens is 344 g/mol. The number of pyridine rings is 1. The van der Waals surface area contributed by atoms with Gasteiger partial charge in [-0.25, -0.2) is 4.98 Å². The third kappa shape index (κ3) is 3.38. The summed E-state index contributed by atoms with van der Waals surface area (Å²) in [7, 11) is 0. The molecule has 0 amide bonds. The summed E-state index contributed by atoms with van der Waals surface area (Å²) in [4.78, 5) is 9.20. The second-order valence-corrected chi connectivity index (χ2v) is 6.96. The summed E-state index contributed by atoms with van der Waals surface area (Å²) in [6.07, 6.45) is 1.79. The lowest BCUT2D eigenvalue weighted by Gasteiger charge is -2.37. The number of nitrogens with zero attached hydrogens (tertiary/aromatic N) is 3. The minimum atomic E-state index is 0.541. The fourth-order valence-corrected chi connectivity index (χ4v) is 3.73. The van der Waals surface area contributed by atoms with Crippen LogP contribution >= 0.6 is 0 Å². The minimum absolute atomic E-state index is 0.541. The van der Waals surface area contributed by atoms with E-state index in [1.54, 1.807) is 6.20 Å². The molecule has 1 aliphatic rings. The summed E-state index contributed by atoms with van der Waals surface area (Å²) in [5, 5.41) is 2.47. The summed E-state index contributed by atoms with van der Waals surface area (Å²) in [6.45, 7) is 11.3. The molecule has 2 aromatic carbocycles. The van der Waals surface area contributed by atoms with Crippen molar-refractivity contribution in [1.29, 1.82) is 0 Å². The minimum Gasteiger partial charge on any atom is -0.399 e. The average Bonchev–Trinajstić information content (AvgIpc) is 2.75. The van der Waals surface area contributed by atoms with Crippen molar-refractivity contribution in [1.82, 2.24) is 9.88 Å². The van der Waals surface area contributed by atoms with Gasteiger partial charge in [0.15, 0.2) is 0 Å². The number of anilines is 1. The molecule has 4 nitrogen and oxygen atoms in total. The molecule has 0 atom stereocenters. The Bertz CT molecular complexity index is 1050. The highest BCUT2D eigenvalue weighted by atomic mass is 15.3. The van der Waals surface area contributed by atoms with Crippen LogP contribution in [0.15, 0.2) is 79.7 Å². The first kappa shape index (κ1) is 17.9. The van der Waals surface area contributed by atoms with Crippen molar-refractivity contribution in [2.45, 2.75) is 0 Å². The van der Waals surface area contributed by atoms with Gasteiger partial charge in [-0.1, -0.05) is 55.6 Å². The van der Waals surface area contributed by atoms with Crippen molar-refractivity contribution in [2.75, 3.05) is 31.1 Å². The van der Waals surface area contributed by atoms with E-state index in [1.807, 2.05) is 12.1 Å². The Morgan fingerprint density at radius 2 is 1.71 bits per heavy atom. The van der Waals surface area contributed by atoms with E-state index in [4.69, 9.17) is 5.73 Å². The van der Waals surface area contributed by atoms with E-state index in [1.165, 1.54) is 16.3 Å². The lowest BCUT2D eigenvalue weighted by atomic mass is 10.0. The first-order chi connectivity index (χ1) is 13.7. The largest absolute Gasteiger partial charge is 0.399 e. The van der Waals surface area contributed by atoms with Gasteiger partial charge >= 0.3 is 0 Å². The second-order valence-electron chi connectivity index (χ2n) is 6.96. The van der Waals surface area contributed by atoms with E-state index < -0.39 is 0 Å². The van der Waals surface area contributed by atoms with Gasteiger partial charge in [-0.2, -0.15) is 0 Å². The molecule has 28 heavy (non-hydrogen) atoms. The fraction of sp³-hybridized carbons (Fsp3) is 0.167. The molecule has 140 valence electrons. The van der Waals surface area contributed by atoms with Gasteiger partial charge in [0.25, 0.3) is 0 Å². The molecule has 0 spiro atoms. The van der Waals surface area contributed by atoms with E-state index in [-0.39, 0.29) is 0 Å². The molecule has 0 aliphatic carbocycles. The summed E-state index contributed by atoms with van der Waals surface area (Å²) in [6, 6.07) is 18.8. The zero-order chi connectivity index (χ0) is 19.5. The predicted octanol–water partition coefficient (Wildman–Crippen LogP) is 4.11. The smallest absolute Gasteiger partial charge is 0.128 e.